The highest BCUT2D eigenvalue weighted by Gasteiger charge is 2.08. The number of hydrogen-bond acceptors (Lipinski definition) is 5. The maximum Gasteiger partial charge on any atom is 0.220 e. The van der Waals surface area contributed by atoms with Gasteiger partial charge < -0.3 is 20.1 Å². The number of hydrogen-bond donors (Lipinski definition) is 2. The van der Waals surface area contributed by atoms with Crippen molar-refractivity contribution in [2.75, 3.05) is 33.4 Å². The van der Waals surface area contributed by atoms with Gasteiger partial charge in [-0.25, -0.2) is 0 Å². The first kappa shape index (κ1) is 24.4. The Morgan fingerprint density at radius 2 is 1.66 bits per heavy atom. The molecule has 6 heteroatoms. The number of benzene rings is 4. The highest BCUT2D eigenvalue weighted by atomic mass is 16.5. The summed E-state index contributed by atoms with van der Waals surface area (Å²) in [5.41, 5.74) is 1.49. The molecule has 0 aliphatic carbocycles. The Kier molecular flexibility index (Phi) is 9.10. The number of amides is 1. The molecule has 198 valence electrons. The quantitative estimate of drug-likeness (QED) is 0.121. The van der Waals surface area contributed by atoms with Crippen LogP contribution < -0.4 is 20.1 Å². The van der Waals surface area contributed by atoms with Gasteiger partial charge in [0, 0.05) is 21.8 Å². The molecule has 1 amide bonds. The number of carbonyl (C=O) groups excluding carboxylic acids is 2. The van der Waals surface area contributed by atoms with Gasteiger partial charge in [-0.1, -0.05) is 48.5 Å². The SMILES string of the molecule is [2H]C([2H])(CNCCCNC(=O)CCCOc1ccc(C=O)c(OC)c1)Cc1c2ccccc2cc2ccccc12. The Balaban J connectivity index is 1.15. The maximum atomic E-state index is 12.1. The Morgan fingerprint density at radius 1 is 0.921 bits per heavy atom. The zero-order valence-electron chi connectivity index (χ0n) is 23.8. The molecule has 4 aromatic rings. The highest BCUT2D eigenvalue weighted by molar-refractivity contribution is 6.02. The Bertz CT molecular complexity index is 1400. The van der Waals surface area contributed by atoms with Crippen molar-refractivity contribution in [2.45, 2.75) is 32.1 Å². The van der Waals surface area contributed by atoms with Crippen molar-refractivity contribution in [1.82, 2.24) is 10.6 Å². The van der Waals surface area contributed by atoms with Crippen LogP contribution in [0.15, 0.2) is 72.8 Å². The molecule has 0 spiro atoms. The molecule has 4 rings (SSSR count). The fraction of sp³-hybridized carbons (Fsp3) is 0.312. The van der Waals surface area contributed by atoms with Crippen molar-refractivity contribution in [3.63, 3.8) is 0 Å². The molecule has 0 fully saturated rings. The average molecular weight is 515 g/mol. The van der Waals surface area contributed by atoms with Gasteiger partial charge in [-0.2, -0.15) is 0 Å². The predicted molar refractivity (Wildman–Crippen MR) is 153 cm³/mol. The van der Waals surface area contributed by atoms with Crippen LogP contribution in [0.3, 0.4) is 0 Å². The summed E-state index contributed by atoms with van der Waals surface area (Å²) in [6, 6.07) is 23.5. The lowest BCUT2D eigenvalue weighted by Gasteiger charge is -2.12. The molecular weight excluding hydrogens is 476 g/mol. The minimum atomic E-state index is -1.42. The first-order valence-corrected chi connectivity index (χ1v) is 13.0. The molecule has 0 unspecified atom stereocenters. The molecule has 38 heavy (non-hydrogen) atoms. The number of nitrogens with one attached hydrogen (secondary N) is 2. The average Bonchev–Trinajstić information content (AvgIpc) is 2.96. The van der Waals surface area contributed by atoms with Gasteiger partial charge in [-0.15, -0.1) is 0 Å². The van der Waals surface area contributed by atoms with E-state index in [1.54, 1.807) is 18.2 Å². The lowest BCUT2D eigenvalue weighted by atomic mass is 9.94. The zero-order chi connectivity index (χ0) is 28.4. The lowest BCUT2D eigenvalue weighted by molar-refractivity contribution is -0.121. The van der Waals surface area contributed by atoms with E-state index in [4.69, 9.17) is 12.2 Å². The largest absolute Gasteiger partial charge is 0.496 e. The fourth-order valence-corrected chi connectivity index (χ4v) is 4.49. The van der Waals surface area contributed by atoms with Crippen LogP contribution in [0.25, 0.3) is 21.5 Å². The topological polar surface area (TPSA) is 76.7 Å². The molecule has 0 aromatic heterocycles. The van der Waals surface area contributed by atoms with Crippen molar-refractivity contribution in [3.8, 4) is 11.5 Å². The van der Waals surface area contributed by atoms with Crippen LogP contribution in [0.4, 0.5) is 0 Å². The first-order valence-electron chi connectivity index (χ1n) is 14.0. The number of aryl methyl sites for hydroxylation is 1. The van der Waals surface area contributed by atoms with Crippen LogP contribution in [-0.2, 0) is 11.2 Å². The fourth-order valence-electron chi connectivity index (χ4n) is 4.49. The molecule has 4 aromatic carbocycles. The van der Waals surface area contributed by atoms with Crippen LogP contribution >= 0.6 is 0 Å². The van der Waals surface area contributed by atoms with Gasteiger partial charge in [0.2, 0.25) is 5.91 Å². The molecule has 0 saturated heterocycles. The number of ether oxygens (including phenoxy) is 2. The first-order chi connectivity index (χ1) is 19.4. The van der Waals surface area contributed by atoms with Crippen molar-refractivity contribution in [3.05, 3.63) is 83.9 Å². The molecule has 0 radical (unpaired) electrons. The summed E-state index contributed by atoms with van der Waals surface area (Å²) >= 11 is 0. The monoisotopic (exact) mass is 514 g/mol. The highest BCUT2D eigenvalue weighted by Crippen LogP contribution is 2.29. The van der Waals surface area contributed by atoms with Crippen molar-refractivity contribution in [1.29, 1.82) is 0 Å². The molecular formula is C32H36N2O4. The summed E-state index contributed by atoms with van der Waals surface area (Å²) in [7, 11) is 1.50. The van der Waals surface area contributed by atoms with E-state index in [1.165, 1.54) is 7.11 Å². The van der Waals surface area contributed by atoms with Gasteiger partial charge in [0.25, 0.3) is 0 Å². The third kappa shape index (κ3) is 7.33. The third-order valence-electron chi connectivity index (χ3n) is 6.44. The number of fused-ring (bicyclic) bond motifs is 2. The summed E-state index contributed by atoms with van der Waals surface area (Å²) in [4.78, 5) is 23.1. The summed E-state index contributed by atoms with van der Waals surface area (Å²) in [6.07, 6.45) is 1.23. The maximum absolute atomic E-state index is 12.1. The minimum absolute atomic E-state index is 0.0457. The summed E-state index contributed by atoms with van der Waals surface area (Å²) in [5, 5.41) is 10.6. The van der Waals surface area contributed by atoms with Crippen molar-refractivity contribution >= 4 is 33.7 Å². The van der Waals surface area contributed by atoms with Crippen LogP contribution in [0.1, 0.15) is 44.3 Å². The van der Waals surface area contributed by atoms with Crippen molar-refractivity contribution in [2.24, 2.45) is 0 Å². The number of methoxy groups -OCH3 is 1. The standard InChI is InChI=1S/C32H36N2O4/c1-37-31-22-27(16-15-26(31)23-35)38-20-7-14-32(36)34-19-8-18-33-17-6-13-30-28-11-4-2-9-24(28)21-25-10-3-5-12-29(25)30/h2-5,9-12,15-16,21-23,33H,6-8,13-14,17-20H2,1H3,(H,34,36)/i6D2. The Hall–Kier alpha value is -3.90. The lowest BCUT2D eigenvalue weighted by Crippen LogP contribution is -2.27. The number of aldehydes is 1. The molecule has 0 atom stereocenters. The smallest absolute Gasteiger partial charge is 0.220 e. The third-order valence-corrected chi connectivity index (χ3v) is 6.44. The molecule has 2 N–H and O–H groups in total. The van der Waals surface area contributed by atoms with E-state index < -0.39 is 6.37 Å². The normalized spacial score (nSPS) is 12.1. The minimum Gasteiger partial charge on any atom is -0.496 e. The van der Waals surface area contributed by atoms with E-state index >= 15 is 0 Å². The second-order valence-electron chi connectivity index (χ2n) is 9.08. The summed E-state index contributed by atoms with van der Waals surface area (Å²) in [5.74, 6) is 0.993. The van der Waals surface area contributed by atoms with Gasteiger partial charge in [0.1, 0.15) is 11.5 Å². The Labute approximate surface area is 227 Å². The molecule has 0 heterocycles. The van der Waals surface area contributed by atoms with E-state index in [-0.39, 0.29) is 12.5 Å². The molecule has 0 saturated carbocycles. The molecule has 0 aliphatic rings. The van der Waals surface area contributed by atoms with E-state index in [1.807, 2.05) is 24.3 Å². The van der Waals surface area contributed by atoms with Gasteiger partial charge in [-0.3, -0.25) is 9.59 Å². The van der Waals surface area contributed by atoms with Crippen LogP contribution in [-0.4, -0.2) is 45.5 Å². The summed E-state index contributed by atoms with van der Waals surface area (Å²) < 4.78 is 28.1. The van der Waals surface area contributed by atoms with E-state index in [9.17, 15) is 9.59 Å². The number of rotatable bonds is 15. The van der Waals surface area contributed by atoms with Gasteiger partial charge in [-0.05, 0) is 84.0 Å². The van der Waals surface area contributed by atoms with E-state index in [2.05, 4.69) is 41.0 Å². The molecule has 0 aliphatic heterocycles. The van der Waals surface area contributed by atoms with Gasteiger partial charge in [0.15, 0.2) is 6.29 Å². The van der Waals surface area contributed by atoms with E-state index in [0.717, 1.165) is 33.4 Å². The number of carbonyl (C=O) groups is 2. The Morgan fingerprint density at radius 3 is 2.37 bits per heavy atom. The summed E-state index contributed by atoms with van der Waals surface area (Å²) in [6.45, 7) is 1.74. The van der Waals surface area contributed by atoms with Crippen LogP contribution in [0.5, 0.6) is 11.5 Å². The van der Waals surface area contributed by atoms with Crippen LogP contribution in [0, 0.1) is 0 Å². The van der Waals surface area contributed by atoms with E-state index in [0.29, 0.717) is 62.4 Å². The van der Waals surface area contributed by atoms with Crippen LogP contribution in [0.2, 0.25) is 0 Å². The molecule has 6 nitrogen and oxygen atoms in total. The van der Waals surface area contributed by atoms with Gasteiger partial charge in [0.05, 0.1) is 19.3 Å². The van der Waals surface area contributed by atoms with Crippen molar-refractivity contribution < 1.29 is 21.8 Å². The zero-order valence-corrected chi connectivity index (χ0v) is 21.8. The second kappa shape index (κ2) is 14.1. The second-order valence-corrected chi connectivity index (χ2v) is 9.08. The predicted octanol–water partition coefficient (Wildman–Crippen LogP) is 5.70. The van der Waals surface area contributed by atoms with Gasteiger partial charge >= 0.3 is 0 Å². The molecule has 0 bridgehead atoms.